The molecule has 0 atom stereocenters. The predicted molar refractivity (Wildman–Crippen MR) is 130 cm³/mol. The molecule has 33 heavy (non-hydrogen) atoms. The van der Waals surface area contributed by atoms with Gasteiger partial charge in [0.1, 0.15) is 9.52 Å². The Kier molecular flexibility index (Phi) is 15.5. The first-order valence-electron chi connectivity index (χ1n) is 9.76. The minimum Gasteiger partial charge on any atom is -1.00 e. The van der Waals surface area contributed by atoms with Crippen LogP contribution in [0.3, 0.4) is 0 Å². The van der Waals surface area contributed by atoms with Crippen LogP contribution >= 0.6 is 0 Å². The number of rotatable bonds is 2. The monoisotopic (exact) mass is 565 g/mol. The van der Waals surface area contributed by atoms with Crippen molar-refractivity contribution in [1.82, 2.24) is 0 Å². The van der Waals surface area contributed by atoms with Crippen molar-refractivity contribution in [3.05, 3.63) is 121 Å². The van der Waals surface area contributed by atoms with Crippen molar-refractivity contribution in [3.63, 3.8) is 0 Å². The molecule has 5 rings (SSSR count). The Morgan fingerprint density at radius 2 is 0.939 bits per heavy atom. The second-order valence-corrected chi connectivity index (χ2v) is 8.14. The molecule has 0 fully saturated rings. The van der Waals surface area contributed by atoms with E-state index in [-0.39, 0.29) is 51.0 Å². The minimum absolute atomic E-state index is 0. The van der Waals surface area contributed by atoms with Gasteiger partial charge in [0, 0.05) is 5.91 Å². The third kappa shape index (κ3) is 10.1. The van der Waals surface area contributed by atoms with Gasteiger partial charge in [-0.3, -0.25) is 0 Å². The van der Waals surface area contributed by atoms with Gasteiger partial charge in [-0.1, -0.05) is 107 Å². The molecule has 164 valence electrons. The molecule has 0 unspecified atom stereocenters. The number of hydrogen-bond donors (Lipinski definition) is 0. The second kappa shape index (κ2) is 16.5. The van der Waals surface area contributed by atoms with Gasteiger partial charge in [-0.15, -0.1) is 39.7 Å². The summed E-state index contributed by atoms with van der Waals surface area (Å²) in [7, 11) is 0.777. The van der Waals surface area contributed by atoms with E-state index in [9.17, 15) is 0 Å². The maximum atomic E-state index is 9.11. The Labute approximate surface area is 229 Å². The van der Waals surface area contributed by atoms with E-state index in [2.05, 4.69) is 115 Å². The summed E-state index contributed by atoms with van der Waals surface area (Å²) >= 11 is 0. The quantitative estimate of drug-likeness (QED) is 0.212. The molecule has 0 saturated carbocycles. The molecule has 0 saturated heterocycles. The van der Waals surface area contributed by atoms with E-state index in [1.54, 1.807) is 0 Å². The molecule has 0 aliphatic heterocycles. The minimum atomic E-state index is -0.583. The van der Waals surface area contributed by atoms with Gasteiger partial charge in [-0.2, -0.15) is 0 Å². The molecule has 2 radical (unpaired) electrons. The van der Waals surface area contributed by atoms with Crippen LogP contribution in [0.4, 0.5) is 0 Å². The molecule has 0 bridgehead atoms. The smallest absolute Gasteiger partial charge is 1.00 e. The molecule has 0 aromatic heterocycles. The van der Waals surface area contributed by atoms with Crippen molar-refractivity contribution in [2.45, 2.75) is 6.92 Å². The summed E-state index contributed by atoms with van der Waals surface area (Å²) in [6, 6.07) is 40.4. The summed E-state index contributed by atoms with van der Waals surface area (Å²) in [5.74, 6) is -0.583. The van der Waals surface area contributed by atoms with Gasteiger partial charge in [-0.25, -0.2) is 0 Å². The van der Waals surface area contributed by atoms with Gasteiger partial charge in [0.15, 0.2) is 0 Å². The van der Waals surface area contributed by atoms with E-state index in [0.717, 1.165) is 9.52 Å². The molecule has 0 heterocycles. The van der Waals surface area contributed by atoms with Crippen molar-refractivity contribution in [3.8, 4) is 0 Å². The number of amides is 1. The van der Waals surface area contributed by atoms with E-state index in [4.69, 9.17) is 10.5 Å². The van der Waals surface area contributed by atoms with Crippen LogP contribution in [0.15, 0.2) is 115 Å². The molecule has 5 aromatic rings. The molecule has 0 spiro atoms. The van der Waals surface area contributed by atoms with E-state index >= 15 is 0 Å². The van der Waals surface area contributed by atoms with Crippen LogP contribution < -0.4 is 35.2 Å². The van der Waals surface area contributed by atoms with Crippen LogP contribution in [0.1, 0.15) is 6.92 Å². The molecule has 1 amide bonds. The Morgan fingerprint density at radius 1 is 0.636 bits per heavy atom. The van der Waals surface area contributed by atoms with Gasteiger partial charge in [0.2, 0.25) is 0 Å². The van der Waals surface area contributed by atoms with E-state index in [1.165, 1.54) is 38.8 Å². The molecular formula is C27H23Cl2NOSiZr. The Hall–Kier alpha value is -2.10. The van der Waals surface area contributed by atoms with Crippen LogP contribution in [0.5, 0.6) is 0 Å². The summed E-state index contributed by atoms with van der Waals surface area (Å²) < 4.78 is 0. The van der Waals surface area contributed by atoms with Gasteiger partial charge < -0.3 is 35.3 Å². The van der Waals surface area contributed by atoms with Crippen molar-refractivity contribution in [2.75, 3.05) is 0 Å². The number of fused-ring (bicyclic) bond motifs is 3. The van der Waals surface area contributed by atoms with Crippen LogP contribution in [0.2, 0.25) is 0 Å². The van der Waals surface area contributed by atoms with Gasteiger partial charge in [-0.05, 0) is 6.92 Å². The zero-order valence-corrected chi connectivity index (χ0v) is 23.1. The van der Waals surface area contributed by atoms with Crippen molar-refractivity contribution in [1.29, 1.82) is 0 Å². The van der Waals surface area contributed by atoms with Gasteiger partial charge >= 0.3 is 26.2 Å². The van der Waals surface area contributed by atoms with Crippen molar-refractivity contribution in [2.24, 2.45) is 0 Å². The number of halogens is 2. The number of hydrogen-bond acceptors (Lipinski definition) is 1. The normalized spacial score (nSPS) is 9.00. The molecule has 1 N–H and O–H groups in total. The van der Waals surface area contributed by atoms with Crippen molar-refractivity contribution >= 4 is 47.3 Å². The first-order chi connectivity index (χ1) is 14.6. The topological polar surface area (TPSA) is 40.9 Å². The summed E-state index contributed by atoms with van der Waals surface area (Å²) in [4.78, 5) is 9.11. The number of benzene rings is 4. The fourth-order valence-electron chi connectivity index (χ4n) is 3.11. The molecule has 5 aromatic carbocycles. The second-order valence-electron chi connectivity index (χ2n) is 6.73. The van der Waals surface area contributed by atoms with E-state index in [0.29, 0.717) is 0 Å². The third-order valence-corrected chi connectivity index (χ3v) is 5.60. The Balaban J connectivity index is 0.000000497. The SMILES string of the molecule is CC([NH-])=O.[Cl-].[Cl-].[Zr+4].c1ccc([Si]c2ccccc2)cc1.c1ccc2c(c1)[cH-]c1ccccc12. The average Bonchev–Trinajstić information content (AvgIpc) is 3.14. The molecular weight excluding hydrogens is 545 g/mol. The molecule has 0 aliphatic rings. The largest absolute Gasteiger partial charge is 4.00 e. The molecule has 0 aliphatic carbocycles. The number of carbonyl (C=O) groups excluding carboxylic acids is 1. The standard InChI is InChI=1S/C13H9.C12H10Si.C2H5NO.2ClH.Zr/c1-3-7-12-10(5-1)9-11-6-2-4-8-13(11)12;1-3-7-11(8-4-1)13-12-9-5-2-6-10-12;1-2(3)4;;;/h1-9H;1-10H;1H3,(H2,3,4);2*1H;/q-1;;;;;+4/p-3. The first kappa shape index (κ1) is 30.9. The predicted octanol–water partition coefficient (Wildman–Crippen LogP) is -0.356. The average molecular weight is 568 g/mol. The fraction of sp³-hybridized carbons (Fsp3) is 0.0370. The fourth-order valence-corrected chi connectivity index (χ4v) is 4.17. The zero-order valence-electron chi connectivity index (χ0n) is 18.1. The van der Waals surface area contributed by atoms with Crippen LogP contribution in [0, 0.1) is 0 Å². The molecule has 6 heteroatoms. The summed E-state index contributed by atoms with van der Waals surface area (Å²) in [5, 5.41) is 8.19. The Morgan fingerprint density at radius 3 is 1.30 bits per heavy atom. The van der Waals surface area contributed by atoms with Crippen LogP contribution in [-0.4, -0.2) is 15.4 Å². The summed E-state index contributed by atoms with van der Waals surface area (Å²) in [6.45, 7) is 1.19. The number of nitrogens with one attached hydrogen (secondary N) is 1. The molecule has 2 nitrogen and oxygen atoms in total. The maximum absolute atomic E-state index is 9.11. The summed E-state index contributed by atoms with van der Waals surface area (Å²) in [5.41, 5.74) is 5.94. The van der Waals surface area contributed by atoms with Gasteiger partial charge in [0.25, 0.3) is 0 Å². The van der Waals surface area contributed by atoms with E-state index < -0.39 is 5.91 Å². The number of carbonyl (C=O) groups is 1. The van der Waals surface area contributed by atoms with Crippen LogP contribution in [-0.2, 0) is 31.0 Å². The van der Waals surface area contributed by atoms with Gasteiger partial charge in [0.05, 0.1) is 0 Å². The van der Waals surface area contributed by atoms with E-state index in [1.807, 2.05) is 0 Å². The van der Waals surface area contributed by atoms with Crippen LogP contribution in [0.25, 0.3) is 27.3 Å². The van der Waals surface area contributed by atoms with Crippen molar-refractivity contribution < 1.29 is 55.8 Å². The summed E-state index contributed by atoms with van der Waals surface area (Å²) in [6.07, 6.45) is 0. The first-order valence-corrected chi connectivity index (χ1v) is 10.8. The maximum Gasteiger partial charge on any atom is 4.00 e. The zero-order chi connectivity index (χ0) is 21.2. The third-order valence-electron chi connectivity index (χ3n) is 4.36. The Bertz CT molecular complexity index is 1120.